The molecule has 1 fully saturated rings. The molecule has 0 aliphatic carbocycles. The van der Waals surface area contributed by atoms with Crippen molar-refractivity contribution in [3.63, 3.8) is 0 Å². The number of nitrogens with zero attached hydrogens (tertiary/aromatic N) is 1. The third kappa shape index (κ3) is 5.38. The van der Waals surface area contributed by atoms with E-state index in [0.717, 1.165) is 38.0 Å². The van der Waals surface area contributed by atoms with Crippen LogP contribution in [0.5, 0.6) is 0 Å². The van der Waals surface area contributed by atoms with Crippen LogP contribution in [0.1, 0.15) is 36.5 Å². The molecule has 1 aliphatic rings. The number of halogens is 2. The molecule has 8 heteroatoms. The van der Waals surface area contributed by atoms with Gasteiger partial charge < -0.3 is 20.9 Å². The summed E-state index contributed by atoms with van der Waals surface area (Å²) in [5.41, 5.74) is 2.25. The van der Waals surface area contributed by atoms with Crippen LogP contribution < -0.4 is 20.9 Å². The molecule has 0 aromatic heterocycles. The van der Waals surface area contributed by atoms with E-state index in [0.29, 0.717) is 23.5 Å². The monoisotopic (exact) mass is 418 g/mol. The number of amides is 3. The Morgan fingerprint density at radius 3 is 2.38 bits per heavy atom. The van der Waals surface area contributed by atoms with Crippen LogP contribution in [-0.2, 0) is 0 Å². The summed E-state index contributed by atoms with van der Waals surface area (Å²) >= 11 is 5.74. The van der Waals surface area contributed by atoms with Crippen molar-refractivity contribution < 1.29 is 14.0 Å². The molecular formula is C21H24ClFN4O2. The molecule has 3 N–H and O–H groups in total. The van der Waals surface area contributed by atoms with Crippen molar-refractivity contribution >= 4 is 40.6 Å². The van der Waals surface area contributed by atoms with Gasteiger partial charge in [-0.05, 0) is 55.7 Å². The first-order chi connectivity index (χ1) is 14.0. The Morgan fingerprint density at radius 1 is 1.07 bits per heavy atom. The van der Waals surface area contributed by atoms with Crippen molar-refractivity contribution in [3.05, 3.63) is 52.8 Å². The lowest BCUT2D eigenvalue weighted by atomic mass is 10.1. The molecule has 6 nitrogen and oxygen atoms in total. The molecule has 0 radical (unpaired) electrons. The number of anilines is 3. The Balaban J connectivity index is 1.76. The highest BCUT2D eigenvalue weighted by molar-refractivity contribution is 6.31. The first-order valence-electron chi connectivity index (χ1n) is 9.68. The Labute approximate surface area is 174 Å². The fourth-order valence-electron chi connectivity index (χ4n) is 3.23. The Bertz CT molecular complexity index is 900. The molecule has 1 aliphatic heterocycles. The first-order valence-corrected chi connectivity index (χ1v) is 10.1. The van der Waals surface area contributed by atoms with E-state index in [4.69, 9.17) is 11.6 Å². The van der Waals surface area contributed by atoms with Crippen LogP contribution in [0.4, 0.5) is 26.2 Å². The van der Waals surface area contributed by atoms with E-state index in [1.54, 1.807) is 12.1 Å². The number of rotatable bonds is 6. The average molecular weight is 419 g/mol. The maximum absolute atomic E-state index is 13.3. The van der Waals surface area contributed by atoms with Crippen molar-refractivity contribution in [2.24, 2.45) is 0 Å². The maximum Gasteiger partial charge on any atom is 0.323 e. The standard InChI is InChI=1S/C21H24ClFN4O2/c1-2-9-24-20(28)16-12-14(6-8-19(16)27-10-3-4-11-27)25-21(29)26-15-5-7-18(23)17(22)13-15/h5-8,12-13H,2-4,9-11H2,1H3,(H,24,28)(H2,25,26,29). The van der Waals surface area contributed by atoms with Crippen LogP contribution in [0.25, 0.3) is 0 Å². The normalized spacial score (nSPS) is 13.3. The molecule has 0 spiro atoms. The largest absolute Gasteiger partial charge is 0.371 e. The Morgan fingerprint density at radius 2 is 1.72 bits per heavy atom. The number of carbonyl (C=O) groups excluding carboxylic acids is 2. The van der Waals surface area contributed by atoms with Gasteiger partial charge in [-0.3, -0.25) is 4.79 Å². The van der Waals surface area contributed by atoms with Crippen molar-refractivity contribution in [2.45, 2.75) is 26.2 Å². The fraction of sp³-hybridized carbons (Fsp3) is 0.333. The highest BCUT2D eigenvalue weighted by Crippen LogP contribution is 2.28. The van der Waals surface area contributed by atoms with E-state index < -0.39 is 11.8 Å². The summed E-state index contributed by atoms with van der Waals surface area (Å²) in [7, 11) is 0. The van der Waals surface area contributed by atoms with Gasteiger partial charge >= 0.3 is 6.03 Å². The van der Waals surface area contributed by atoms with E-state index in [2.05, 4.69) is 20.9 Å². The van der Waals surface area contributed by atoms with Crippen LogP contribution in [0, 0.1) is 5.82 Å². The zero-order valence-electron chi connectivity index (χ0n) is 16.2. The minimum absolute atomic E-state index is 0.0763. The topological polar surface area (TPSA) is 73.5 Å². The lowest BCUT2D eigenvalue weighted by Gasteiger charge is -2.22. The van der Waals surface area contributed by atoms with Crippen LogP contribution in [0.15, 0.2) is 36.4 Å². The van der Waals surface area contributed by atoms with Crippen LogP contribution in [-0.4, -0.2) is 31.6 Å². The smallest absolute Gasteiger partial charge is 0.323 e. The highest BCUT2D eigenvalue weighted by atomic mass is 35.5. The maximum atomic E-state index is 13.3. The quantitative estimate of drug-likeness (QED) is 0.627. The number of benzene rings is 2. The third-order valence-electron chi connectivity index (χ3n) is 4.66. The zero-order chi connectivity index (χ0) is 20.8. The second-order valence-corrected chi connectivity index (χ2v) is 7.30. The number of nitrogens with one attached hydrogen (secondary N) is 3. The molecule has 0 saturated carbocycles. The van der Waals surface area contributed by atoms with Gasteiger partial charge in [0.1, 0.15) is 5.82 Å². The van der Waals surface area contributed by atoms with E-state index in [-0.39, 0.29) is 10.9 Å². The van der Waals surface area contributed by atoms with Gasteiger partial charge in [0.05, 0.1) is 10.6 Å². The van der Waals surface area contributed by atoms with Crippen molar-refractivity contribution in [1.29, 1.82) is 0 Å². The summed E-state index contributed by atoms with van der Waals surface area (Å²) in [6.45, 7) is 4.40. The number of urea groups is 1. The number of hydrogen-bond acceptors (Lipinski definition) is 3. The summed E-state index contributed by atoms with van der Waals surface area (Å²) in [6, 6.07) is 8.71. The fourth-order valence-corrected chi connectivity index (χ4v) is 3.41. The molecule has 0 bridgehead atoms. The third-order valence-corrected chi connectivity index (χ3v) is 4.95. The molecule has 0 unspecified atom stereocenters. The molecule has 1 heterocycles. The van der Waals surface area contributed by atoms with Gasteiger partial charge in [0, 0.05) is 36.7 Å². The predicted molar refractivity (Wildman–Crippen MR) is 115 cm³/mol. The zero-order valence-corrected chi connectivity index (χ0v) is 17.0. The molecule has 3 amide bonds. The van der Waals surface area contributed by atoms with Crippen molar-refractivity contribution in [1.82, 2.24) is 5.32 Å². The molecular weight excluding hydrogens is 395 g/mol. The minimum atomic E-state index is -0.558. The van der Waals surface area contributed by atoms with Gasteiger partial charge in [0.2, 0.25) is 0 Å². The number of hydrogen-bond donors (Lipinski definition) is 3. The first kappa shape index (κ1) is 20.9. The predicted octanol–water partition coefficient (Wildman–Crippen LogP) is 4.86. The summed E-state index contributed by atoms with van der Waals surface area (Å²) in [4.78, 5) is 27.2. The SMILES string of the molecule is CCCNC(=O)c1cc(NC(=O)Nc2ccc(F)c(Cl)c2)ccc1N1CCCC1. The van der Waals surface area contributed by atoms with Crippen molar-refractivity contribution in [3.8, 4) is 0 Å². The Kier molecular flexibility index (Phi) is 6.93. The van der Waals surface area contributed by atoms with Crippen LogP contribution in [0.2, 0.25) is 5.02 Å². The average Bonchev–Trinajstić information content (AvgIpc) is 3.23. The van der Waals surface area contributed by atoms with E-state index >= 15 is 0 Å². The molecule has 29 heavy (non-hydrogen) atoms. The second kappa shape index (κ2) is 9.60. The summed E-state index contributed by atoms with van der Waals surface area (Å²) in [5, 5.41) is 8.13. The van der Waals surface area contributed by atoms with E-state index in [1.165, 1.54) is 18.2 Å². The lowest BCUT2D eigenvalue weighted by molar-refractivity contribution is 0.0954. The van der Waals surface area contributed by atoms with Crippen LogP contribution in [0.3, 0.4) is 0 Å². The van der Waals surface area contributed by atoms with Gasteiger partial charge in [-0.15, -0.1) is 0 Å². The second-order valence-electron chi connectivity index (χ2n) is 6.89. The van der Waals surface area contributed by atoms with Gasteiger partial charge in [-0.25, -0.2) is 9.18 Å². The van der Waals surface area contributed by atoms with Crippen LogP contribution >= 0.6 is 11.6 Å². The lowest BCUT2D eigenvalue weighted by Crippen LogP contribution is -2.28. The summed E-state index contributed by atoms with van der Waals surface area (Å²) in [6.07, 6.45) is 3.03. The van der Waals surface area contributed by atoms with Gasteiger partial charge in [0.15, 0.2) is 0 Å². The summed E-state index contributed by atoms with van der Waals surface area (Å²) < 4.78 is 13.3. The molecule has 3 rings (SSSR count). The highest BCUT2D eigenvalue weighted by Gasteiger charge is 2.20. The molecule has 154 valence electrons. The van der Waals surface area contributed by atoms with Gasteiger partial charge in [-0.1, -0.05) is 18.5 Å². The van der Waals surface area contributed by atoms with E-state index in [9.17, 15) is 14.0 Å². The molecule has 2 aromatic rings. The summed E-state index contributed by atoms with van der Waals surface area (Å²) in [5.74, 6) is -0.721. The molecule has 1 saturated heterocycles. The Hall–Kier alpha value is -2.80. The number of carbonyl (C=O) groups is 2. The molecule has 2 aromatic carbocycles. The van der Waals surface area contributed by atoms with E-state index in [1.807, 2.05) is 13.0 Å². The molecule has 0 atom stereocenters. The van der Waals surface area contributed by atoms with Gasteiger partial charge in [0.25, 0.3) is 5.91 Å². The van der Waals surface area contributed by atoms with Gasteiger partial charge in [-0.2, -0.15) is 0 Å². The van der Waals surface area contributed by atoms with Crippen molar-refractivity contribution in [2.75, 3.05) is 35.2 Å². The minimum Gasteiger partial charge on any atom is -0.371 e.